The largest absolute Gasteiger partial charge is 0.371 e. The standard InChI is InChI=1S/C18H21N3OS/c22-18(21(14-5-6-14)13-16-4-3-11-23-16)17-12-15(7-8-19-17)20-9-1-2-10-20/h3-4,7-8,11-12,14H,1-2,5-6,9-10,13H2. The Morgan fingerprint density at radius 3 is 2.83 bits per heavy atom. The Bertz CT molecular complexity index is 675. The summed E-state index contributed by atoms with van der Waals surface area (Å²) in [6.07, 6.45) is 6.47. The number of hydrogen-bond donors (Lipinski definition) is 0. The molecule has 2 aromatic rings. The molecule has 1 saturated heterocycles. The van der Waals surface area contributed by atoms with Crippen molar-refractivity contribution in [2.75, 3.05) is 18.0 Å². The fourth-order valence-electron chi connectivity index (χ4n) is 3.18. The number of anilines is 1. The number of amides is 1. The number of aromatic nitrogens is 1. The summed E-state index contributed by atoms with van der Waals surface area (Å²) in [5, 5.41) is 2.07. The van der Waals surface area contributed by atoms with E-state index in [-0.39, 0.29) is 5.91 Å². The monoisotopic (exact) mass is 327 g/mol. The Balaban J connectivity index is 1.55. The van der Waals surface area contributed by atoms with Gasteiger partial charge in [0, 0.05) is 35.9 Å². The second-order valence-electron chi connectivity index (χ2n) is 6.34. The number of rotatable bonds is 5. The quantitative estimate of drug-likeness (QED) is 0.843. The van der Waals surface area contributed by atoms with E-state index in [1.54, 1.807) is 17.5 Å². The summed E-state index contributed by atoms with van der Waals surface area (Å²) < 4.78 is 0. The lowest BCUT2D eigenvalue weighted by Crippen LogP contribution is -2.33. The van der Waals surface area contributed by atoms with E-state index in [2.05, 4.69) is 21.3 Å². The van der Waals surface area contributed by atoms with Crippen molar-refractivity contribution in [3.63, 3.8) is 0 Å². The van der Waals surface area contributed by atoms with E-state index in [9.17, 15) is 4.79 Å². The van der Waals surface area contributed by atoms with Crippen molar-refractivity contribution in [2.24, 2.45) is 0 Å². The van der Waals surface area contributed by atoms with Gasteiger partial charge < -0.3 is 9.80 Å². The SMILES string of the molecule is O=C(c1cc(N2CCCC2)ccn1)N(Cc1cccs1)C1CC1. The smallest absolute Gasteiger partial charge is 0.273 e. The number of thiophene rings is 1. The number of nitrogens with zero attached hydrogens (tertiary/aromatic N) is 3. The molecule has 0 atom stereocenters. The van der Waals surface area contributed by atoms with E-state index < -0.39 is 0 Å². The van der Waals surface area contributed by atoms with Crippen LogP contribution in [-0.4, -0.2) is 34.9 Å². The predicted molar refractivity (Wildman–Crippen MR) is 92.9 cm³/mol. The third-order valence-corrected chi connectivity index (χ3v) is 5.45. The molecule has 0 bridgehead atoms. The van der Waals surface area contributed by atoms with E-state index in [1.807, 2.05) is 23.1 Å². The molecule has 1 amide bonds. The Morgan fingerprint density at radius 1 is 1.30 bits per heavy atom. The summed E-state index contributed by atoms with van der Waals surface area (Å²) in [4.78, 5) is 22.9. The zero-order chi connectivity index (χ0) is 15.6. The van der Waals surface area contributed by atoms with Gasteiger partial charge in [0.15, 0.2) is 0 Å². The Labute approximate surface area is 140 Å². The summed E-state index contributed by atoms with van der Waals surface area (Å²) in [7, 11) is 0. The average Bonchev–Trinajstić information content (AvgIpc) is 3.05. The van der Waals surface area contributed by atoms with Crippen LogP contribution in [0.3, 0.4) is 0 Å². The molecule has 3 heterocycles. The van der Waals surface area contributed by atoms with Gasteiger partial charge >= 0.3 is 0 Å². The maximum Gasteiger partial charge on any atom is 0.273 e. The summed E-state index contributed by atoms with van der Waals surface area (Å²) in [5.41, 5.74) is 1.71. The van der Waals surface area contributed by atoms with Crippen LogP contribution in [0.4, 0.5) is 5.69 Å². The Kier molecular flexibility index (Phi) is 4.04. The van der Waals surface area contributed by atoms with Gasteiger partial charge in [-0.1, -0.05) is 6.07 Å². The van der Waals surface area contributed by atoms with Crippen LogP contribution in [0.1, 0.15) is 41.0 Å². The van der Waals surface area contributed by atoms with Gasteiger partial charge in [-0.05, 0) is 49.3 Å². The molecule has 1 aliphatic heterocycles. The van der Waals surface area contributed by atoms with Crippen LogP contribution < -0.4 is 4.90 Å². The molecule has 4 nitrogen and oxygen atoms in total. The van der Waals surface area contributed by atoms with Gasteiger partial charge in [0.25, 0.3) is 5.91 Å². The zero-order valence-electron chi connectivity index (χ0n) is 13.1. The molecule has 0 spiro atoms. The number of carbonyl (C=O) groups is 1. The molecule has 2 fully saturated rings. The zero-order valence-corrected chi connectivity index (χ0v) is 14.0. The molecule has 0 aromatic carbocycles. The Hall–Kier alpha value is -1.88. The van der Waals surface area contributed by atoms with Gasteiger partial charge in [-0.2, -0.15) is 0 Å². The van der Waals surface area contributed by atoms with Crippen LogP contribution in [0.25, 0.3) is 0 Å². The maximum atomic E-state index is 13.0. The van der Waals surface area contributed by atoms with Crippen molar-refractivity contribution in [3.05, 3.63) is 46.4 Å². The third kappa shape index (κ3) is 3.24. The molecular weight excluding hydrogens is 306 g/mol. The second kappa shape index (κ2) is 6.32. The van der Waals surface area contributed by atoms with Crippen molar-refractivity contribution < 1.29 is 4.79 Å². The minimum atomic E-state index is 0.0712. The van der Waals surface area contributed by atoms with Gasteiger partial charge in [0.2, 0.25) is 0 Å². The lowest BCUT2D eigenvalue weighted by molar-refractivity contribution is 0.0725. The van der Waals surface area contributed by atoms with Crippen molar-refractivity contribution >= 4 is 22.9 Å². The van der Waals surface area contributed by atoms with Crippen molar-refractivity contribution in [1.82, 2.24) is 9.88 Å². The molecule has 2 aromatic heterocycles. The molecule has 4 rings (SSSR count). The van der Waals surface area contributed by atoms with Gasteiger partial charge in [-0.25, -0.2) is 0 Å². The molecule has 5 heteroatoms. The van der Waals surface area contributed by atoms with E-state index >= 15 is 0 Å². The first kappa shape index (κ1) is 14.7. The van der Waals surface area contributed by atoms with Gasteiger partial charge in [0.1, 0.15) is 5.69 Å². The molecule has 2 aliphatic rings. The lowest BCUT2D eigenvalue weighted by Gasteiger charge is -2.23. The van der Waals surface area contributed by atoms with E-state index in [1.165, 1.54) is 17.7 Å². The third-order valence-electron chi connectivity index (χ3n) is 4.59. The first-order valence-electron chi connectivity index (χ1n) is 8.35. The minimum Gasteiger partial charge on any atom is -0.371 e. The molecule has 0 N–H and O–H groups in total. The fraction of sp³-hybridized carbons (Fsp3) is 0.444. The highest BCUT2D eigenvalue weighted by Gasteiger charge is 2.34. The van der Waals surface area contributed by atoms with Crippen LogP contribution in [0.2, 0.25) is 0 Å². The highest BCUT2D eigenvalue weighted by molar-refractivity contribution is 7.09. The number of pyridine rings is 1. The Morgan fingerprint density at radius 2 is 2.13 bits per heavy atom. The molecule has 1 aliphatic carbocycles. The summed E-state index contributed by atoms with van der Waals surface area (Å²) in [6, 6.07) is 8.52. The predicted octanol–water partition coefficient (Wildman–Crippen LogP) is 3.55. The summed E-state index contributed by atoms with van der Waals surface area (Å²) >= 11 is 1.71. The summed E-state index contributed by atoms with van der Waals surface area (Å²) in [5.74, 6) is 0.0712. The van der Waals surface area contributed by atoms with Gasteiger partial charge in [-0.15, -0.1) is 11.3 Å². The second-order valence-corrected chi connectivity index (χ2v) is 7.37. The number of carbonyl (C=O) groups excluding carboxylic acids is 1. The topological polar surface area (TPSA) is 36.4 Å². The van der Waals surface area contributed by atoms with Gasteiger partial charge in [0.05, 0.1) is 6.54 Å². The highest BCUT2D eigenvalue weighted by Crippen LogP contribution is 2.31. The van der Waals surface area contributed by atoms with Crippen LogP contribution in [-0.2, 0) is 6.54 Å². The average molecular weight is 327 g/mol. The minimum absolute atomic E-state index is 0.0712. The fourth-order valence-corrected chi connectivity index (χ4v) is 3.88. The molecule has 1 saturated carbocycles. The molecule has 0 unspecified atom stereocenters. The summed E-state index contributed by atoms with van der Waals surface area (Å²) in [6.45, 7) is 2.87. The van der Waals surface area contributed by atoms with Crippen LogP contribution in [0.15, 0.2) is 35.8 Å². The van der Waals surface area contributed by atoms with Crippen LogP contribution in [0, 0.1) is 0 Å². The normalized spacial score (nSPS) is 17.5. The van der Waals surface area contributed by atoms with E-state index in [0.29, 0.717) is 18.3 Å². The first-order valence-corrected chi connectivity index (χ1v) is 9.23. The maximum absolute atomic E-state index is 13.0. The van der Waals surface area contributed by atoms with Crippen LogP contribution >= 0.6 is 11.3 Å². The molecule has 23 heavy (non-hydrogen) atoms. The van der Waals surface area contributed by atoms with E-state index in [4.69, 9.17) is 0 Å². The van der Waals surface area contributed by atoms with Crippen molar-refractivity contribution in [1.29, 1.82) is 0 Å². The number of hydrogen-bond acceptors (Lipinski definition) is 4. The molecule has 120 valence electrons. The van der Waals surface area contributed by atoms with E-state index in [0.717, 1.165) is 31.6 Å². The molecular formula is C18H21N3OS. The van der Waals surface area contributed by atoms with Gasteiger partial charge in [-0.3, -0.25) is 9.78 Å². The molecule has 0 radical (unpaired) electrons. The van der Waals surface area contributed by atoms with Crippen molar-refractivity contribution in [3.8, 4) is 0 Å². The lowest BCUT2D eigenvalue weighted by atomic mass is 10.2. The van der Waals surface area contributed by atoms with Crippen LogP contribution in [0.5, 0.6) is 0 Å². The van der Waals surface area contributed by atoms with Crippen molar-refractivity contribution in [2.45, 2.75) is 38.3 Å². The first-order chi connectivity index (χ1) is 11.3. The highest BCUT2D eigenvalue weighted by atomic mass is 32.1.